The highest BCUT2D eigenvalue weighted by molar-refractivity contribution is 8.04. The lowest BCUT2D eigenvalue weighted by Crippen LogP contribution is -2.35. The number of halogens is 5. The molecule has 2 rings (SSSR count). The third-order valence-corrected chi connectivity index (χ3v) is 7.42. The lowest BCUT2D eigenvalue weighted by atomic mass is 10.3. The van der Waals surface area contributed by atoms with Crippen LogP contribution < -0.4 is 0 Å². The smallest absolute Gasteiger partial charge is 0.206 e. The summed E-state index contributed by atoms with van der Waals surface area (Å²) in [4.78, 5) is -2.82. The van der Waals surface area contributed by atoms with Crippen LogP contribution in [0.2, 0.25) is 0 Å². The maximum Gasteiger partial charge on any atom is 0.262 e. The van der Waals surface area contributed by atoms with Gasteiger partial charge in [-0.1, -0.05) is 21.9 Å². The summed E-state index contributed by atoms with van der Waals surface area (Å²) in [5.41, 5.74) is 0. The zero-order valence-electron chi connectivity index (χ0n) is 12.2. The maximum atomic E-state index is 13.7. The van der Waals surface area contributed by atoms with Gasteiger partial charge in [0, 0.05) is 7.05 Å². The fourth-order valence-electron chi connectivity index (χ4n) is 1.81. The lowest BCUT2D eigenvalue weighted by Gasteiger charge is -2.18. The highest BCUT2D eigenvalue weighted by Gasteiger charge is 2.40. The molecule has 0 aromatic heterocycles. The van der Waals surface area contributed by atoms with E-state index < -0.39 is 62.6 Å². The maximum absolute atomic E-state index is 13.7. The zero-order valence-corrected chi connectivity index (χ0v) is 13.8. The molecule has 12 heteroatoms. The summed E-state index contributed by atoms with van der Waals surface area (Å²) in [5, 5.41) is 0. The van der Waals surface area contributed by atoms with Gasteiger partial charge in [-0.2, -0.15) is 0 Å². The highest BCUT2D eigenvalue weighted by atomic mass is 32.3. The fraction of sp³-hybridized carbons (Fsp3) is 0.0769. The van der Waals surface area contributed by atoms with Crippen LogP contribution in [0.1, 0.15) is 0 Å². The summed E-state index contributed by atoms with van der Waals surface area (Å²) >= 11 is 0. The van der Waals surface area contributed by atoms with Gasteiger partial charge in [0.25, 0.3) is 20.0 Å². The minimum absolute atomic E-state index is 0.412. The number of hydrogen-bond donors (Lipinski definition) is 0. The molecule has 2 aromatic rings. The summed E-state index contributed by atoms with van der Waals surface area (Å²) in [7, 11) is -10.0. The van der Waals surface area contributed by atoms with Crippen molar-refractivity contribution in [2.75, 3.05) is 7.05 Å². The molecule has 5 nitrogen and oxygen atoms in total. The molecule has 0 heterocycles. The van der Waals surface area contributed by atoms with Gasteiger partial charge in [-0.05, 0) is 12.1 Å². The number of rotatable bonds is 4. The average Bonchev–Trinajstić information content (AvgIpc) is 2.58. The molecule has 0 aliphatic heterocycles. The van der Waals surface area contributed by atoms with Crippen molar-refractivity contribution in [3.8, 4) is 0 Å². The predicted octanol–water partition coefficient (Wildman–Crippen LogP) is 2.39. The molecule has 0 atom stereocenters. The molecular weight excluding hydrogens is 393 g/mol. The minimum atomic E-state index is -5.62. The molecule has 0 amide bonds. The van der Waals surface area contributed by atoms with Crippen LogP contribution in [0.25, 0.3) is 0 Å². The van der Waals surface area contributed by atoms with E-state index in [-0.39, 0.29) is 0 Å². The van der Waals surface area contributed by atoms with Crippen molar-refractivity contribution in [1.29, 1.82) is 0 Å². The van der Waals surface area contributed by atoms with Crippen LogP contribution in [0.15, 0.2) is 40.1 Å². The summed E-state index contributed by atoms with van der Waals surface area (Å²) < 4.78 is 115. The van der Waals surface area contributed by atoms with Crippen LogP contribution in [-0.4, -0.2) is 27.6 Å². The van der Waals surface area contributed by atoms with Crippen LogP contribution >= 0.6 is 0 Å². The molecule has 0 saturated carbocycles. The first kappa shape index (κ1) is 19.3. The molecule has 0 saturated heterocycles. The summed E-state index contributed by atoms with van der Waals surface area (Å²) in [6, 6.07) is 5.87. The number of benzene rings is 2. The molecule has 0 unspecified atom stereocenters. The Bertz CT molecular complexity index is 1010. The van der Waals surface area contributed by atoms with Crippen LogP contribution in [0.3, 0.4) is 0 Å². The Morgan fingerprint density at radius 1 is 0.680 bits per heavy atom. The molecule has 2 aromatic carbocycles. The van der Waals surface area contributed by atoms with Crippen molar-refractivity contribution < 1.29 is 38.8 Å². The largest absolute Gasteiger partial charge is 0.262 e. The molecule has 0 radical (unpaired) electrons. The molecule has 0 spiro atoms. The summed E-state index contributed by atoms with van der Waals surface area (Å²) in [5.74, 6) is -12.9. The predicted molar refractivity (Wildman–Crippen MR) is 74.8 cm³/mol. The molecule has 0 fully saturated rings. The number of nitrogens with zero attached hydrogens (tertiary/aromatic N) is 1. The van der Waals surface area contributed by atoms with E-state index in [0.717, 1.165) is 12.1 Å². The van der Waals surface area contributed by atoms with E-state index in [4.69, 9.17) is 0 Å². The van der Waals surface area contributed by atoms with E-state index in [1.165, 1.54) is 18.2 Å². The number of hydrogen-bond acceptors (Lipinski definition) is 4. The van der Waals surface area contributed by atoms with Crippen LogP contribution in [0.5, 0.6) is 0 Å². The average molecular weight is 401 g/mol. The zero-order chi connectivity index (χ0) is 19.2. The number of sulfonamides is 2. The van der Waals surface area contributed by atoms with Crippen LogP contribution in [0.4, 0.5) is 22.0 Å². The lowest BCUT2D eigenvalue weighted by molar-refractivity contribution is 0.356. The molecular formula is C13H8F5NO4S2. The standard InChI is InChI=1S/C13H8F5NO4S2/c1-19(24(20,21)7-5-3-2-4-6-7)25(22,23)13-11(17)9(15)8(14)10(16)12(13)18/h2-6H,1H3. The van der Waals surface area contributed by atoms with Gasteiger partial charge < -0.3 is 0 Å². The van der Waals surface area contributed by atoms with Gasteiger partial charge >= 0.3 is 0 Å². The summed E-state index contributed by atoms with van der Waals surface area (Å²) in [6.45, 7) is 0. The SMILES string of the molecule is CN(S(=O)(=O)c1ccccc1)S(=O)(=O)c1c(F)c(F)c(F)c(F)c1F. The first-order chi connectivity index (χ1) is 11.4. The minimum Gasteiger partial charge on any atom is -0.206 e. The van der Waals surface area contributed by atoms with E-state index in [2.05, 4.69) is 0 Å². The van der Waals surface area contributed by atoms with Gasteiger partial charge in [-0.3, -0.25) is 0 Å². The van der Waals surface area contributed by atoms with Gasteiger partial charge in [0.2, 0.25) is 5.82 Å². The van der Waals surface area contributed by atoms with Crippen molar-refractivity contribution in [2.45, 2.75) is 9.79 Å². The van der Waals surface area contributed by atoms with Gasteiger partial charge in [-0.25, -0.2) is 38.8 Å². The normalized spacial score (nSPS) is 12.6. The Hall–Kier alpha value is -2.05. The highest BCUT2D eigenvalue weighted by Crippen LogP contribution is 2.30. The topological polar surface area (TPSA) is 71.5 Å². The third kappa shape index (κ3) is 3.00. The Balaban J connectivity index is 2.73. The fourth-order valence-corrected chi connectivity index (χ4v) is 5.01. The van der Waals surface area contributed by atoms with Gasteiger partial charge in [0.1, 0.15) is 0 Å². The van der Waals surface area contributed by atoms with E-state index in [0.29, 0.717) is 7.05 Å². The first-order valence-electron chi connectivity index (χ1n) is 6.24. The Kier molecular flexibility index (Phi) is 4.90. The van der Waals surface area contributed by atoms with Gasteiger partial charge in [-0.15, -0.1) is 0 Å². The van der Waals surface area contributed by atoms with Crippen molar-refractivity contribution >= 4 is 20.0 Å². The molecule has 0 bridgehead atoms. The van der Waals surface area contributed by atoms with E-state index in [1.54, 1.807) is 0 Å². The summed E-state index contributed by atoms with van der Waals surface area (Å²) in [6.07, 6.45) is 0. The van der Waals surface area contributed by atoms with E-state index in [9.17, 15) is 38.8 Å². The molecule has 0 aliphatic rings. The molecule has 0 N–H and O–H groups in total. The Morgan fingerprint density at radius 2 is 1.08 bits per heavy atom. The quantitative estimate of drug-likeness (QED) is 0.448. The van der Waals surface area contributed by atoms with Gasteiger partial charge in [0.15, 0.2) is 28.2 Å². The Morgan fingerprint density at radius 3 is 1.52 bits per heavy atom. The van der Waals surface area contributed by atoms with Crippen molar-refractivity contribution in [3.05, 3.63) is 59.4 Å². The van der Waals surface area contributed by atoms with Crippen LogP contribution in [-0.2, 0) is 20.0 Å². The molecule has 25 heavy (non-hydrogen) atoms. The third-order valence-electron chi connectivity index (χ3n) is 3.15. The van der Waals surface area contributed by atoms with E-state index in [1.807, 2.05) is 0 Å². The van der Waals surface area contributed by atoms with E-state index >= 15 is 0 Å². The molecule has 136 valence electrons. The molecule has 0 aliphatic carbocycles. The van der Waals surface area contributed by atoms with Crippen LogP contribution in [0, 0.1) is 29.1 Å². The first-order valence-corrected chi connectivity index (χ1v) is 9.12. The second-order valence-electron chi connectivity index (χ2n) is 4.60. The second-order valence-corrected chi connectivity index (χ2v) is 8.71. The second kappa shape index (κ2) is 6.35. The monoisotopic (exact) mass is 401 g/mol. The van der Waals surface area contributed by atoms with Crippen molar-refractivity contribution in [1.82, 2.24) is 3.71 Å². The Labute approximate surface area is 139 Å². The van der Waals surface area contributed by atoms with Crippen molar-refractivity contribution in [2.24, 2.45) is 0 Å². The van der Waals surface area contributed by atoms with Crippen molar-refractivity contribution in [3.63, 3.8) is 0 Å². The van der Waals surface area contributed by atoms with Gasteiger partial charge in [0.05, 0.1) is 4.90 Å².